The van der Waals surface area contributed by atoms with E-state index in [0.29, 0.717) is 33.7 Å². The molecule has 0 atom stereocenters. The summed E-state index contributed by atoms with van der Waals surface area (Å²) in [6.45, 7) is 0. The number of rotatable bonds is 7. The van der Waals surface area contributed by atoms with Crippen LogP contribution in [0.2, 0.25) is 0 Å². The van der Waals surface area contributed by atoms with E-state index in [-0.39, 0.29) is 17.5 Å². The van der Waals surface area contributed by atoms with Crippen LogP contribution in [0.15, 0.2) is 47.6 Å². The zero-order chi connectivity index (χ0) is 20.1. The Bertz CT molecular complexity index is 993. The maximum absolute atomic E-state index is 13.4. The Hall–Kier alpha value is -3.07. The molecule has 0 fully saturated rings. The molecule has 1 N–H and O–H groups in total. The molecule has 1 heterocycles. The number of anilines is 1. The molecule has 0 bridgehead atoms. The van der Waals surface area contributed by atoms with E-state index in [9.17, 15) is 9.18 Å². The molecular weight excluding hydrogens is 383 g/mol. The number of amides is 1. The van der Waals surface area contributed by atoms with Gasteiger partial charge in [0, 0.05) is 18.7 Å². The van der Waals surface area contributed by atoms with Crippen molar-refractivity contribution < 1.29 is 18.7 Å². The van der Waals surface area contributed by atoms with Crippen molar-refractivity contribution in [2.75, 3.05) is 25.3 Å². The van der Waals surface area contributed by atoms with Gasteiger partial charge in [-0.25, -0.2) is 4.39 Å². The van der Waals surface area contributed by atoms with Crippen LogP contribution in [0, 0.1) is 5.82 Å². The number of benzene rings is 2. The lowest BCUT2D eigenvalue weighted by Crippen LogP contribution is -2.15. The molecule has 0 radical (unpaired) electrons. The first kappa shape index (κ1) is 19.7. The molecular formula is C19H19FN4O3S. The fourth-order valence-corrected chi connectivity index (χ4v) is 3.26. The highest BCUT2D eigenvalue weighted by Gasteiger charge is 2.15. The molecule has 0 aliphatic carbocycles. The van der Waals surface area contributed by atoms with Crippen molar-refractivity contribution in [2.45, 2.75) is 5.16 Å². The highest BCUT2D eigenvalue weighted by Crippen LogP contribution is 2.29. The van der Waals surface area contributed by atoms with Gasteiger partial charge in [-0.15, -0.1) is 10.2 Å². The molecule has 9 heteroatoms. The summed E-state index contributed by atoms with van der Waals surface area (Å²) in [6, 6.07) is 11.3. The van der Waals surface area contributed by atoms with E-state index in [1.807, 2.05) is 0 Å². The Balaban J connectivity index is 1.67. The van der Waals surface area contributed by atoms with Crippen LogP contribution >= 0.6 is 11.8 Å². The van der Waals surface area contributed by atoms with Crippen molar-refractivity contribution in [1.29, 1.82) is 0 Å². The van der Waals surface area contributed by atoms with Gasteiger partial charge < -0.3 is 19.4 Å². The van der Waals surface area contributed by atoms with Gasteiger partial charge in [0.2, 0.25) is 5.91 Å². The maximum Gasteiger partial charge on any atom is 0.234 e. The number of halogens is 1. The van der Waals surface area contributed by atoms with Crippen LogP contribution in [-0.4, -0.2) is 40.6 Å². The number of thioether (sulfide) groups is 1. The monoisotopic (exact) mass is 402 g/mol. The molecule has 3 aromatic rings. The molecule has 28 heavy (non-hydrogen) atoms. The van der Waals surface area contributed by atoms with Crippen molar-refractivity contribution in [1.82, 2.24) is 14.8 Å². The van der Waals surface area contributed by atoms with Gasteiger partial charge in [0.15, 0.2) is 11.0 Å². The Labute approximate surface area is 165 Å². The minimum Gasteiger partial charge on any atom is -0.497 e. The van der Waals surface area contributed by atoms with E-state index >= 15 is 0 Å². The third-order valence-electron chi connectivity index (χ3n) is 3.93. The summed E-state index contributed by atoms with van der Waals surface area (Å²) in [7, 11) is 4.85. The number of carbonyl (C=O) groups is 1. The van der Waals surface area contributed by atoms with E-state index in [2.05, 4.69) is 15.5 Å². The molecule has 0 saturated heterocycles. The van der Waals surface area contributed by atoms with E-state index in [0.717, 1.165) is 0 Å². The fraction of sp³-hybridized carbons (Fsp3) is 0.211. The quantitative estimate of drug-likeness (QED) is 0.611. The molecule has 0 spiro atoms. The summed E-state index contributed by atoms with van der Waals surface area (Å²) < 4.78 is 25.6. The van der Waals surface area contributed by atoms with E-state index in [4.69, 9.17) is 9.47 Å². The molecule has 2 aromatic carbocycles. The average molecular weight is 402 g/mol. The predicted molar refractivity (Wildman–Crippen MR) is 105 cm³/mol. The summed E-state index contributed by atoms with van der Waals surface area (Å²) in [5.41, 5.74) is 1.14. The van der Waals surface area contributed by atoms with Gasteiger partial charge in [-0.05, 0) is 24.3 Å². The van der Waals surface area contributed by atoms with E-state index in [1.54, 1.807) is 49.1 Å². The highest BCUT2D eigenvalue weighted by atomic mass is 32.2. The standard InChI is InChI=1S/C19H19FN4O3S/c1-24-18(12-5-4-6-13(20)9-12)22-23-19(24)28-11-17(25)21-15-10-14(26-2)7-8-16(15)27-3/h4-10H,11H2,1-3H3,(H,21,25). The number of hydrogen-bond acceptors (Lipinski definition) is 6. The van der Waals surface area contributed by atoms with Gasteiger partial charge in [-0.2, -0.15) is 0 Å². The normalized spacial score (nSPS) is 10.6. The summed E-state index contributed by atoms with van der Waals surface area (Å²) in [6.07, 6.45) is 0. The van der Waals surface area contributed by atoms with Gasteiger partial charge in [0.05, 0.1) is 25.7 Å². The Morgan fingerprint density at radius 1 is 1.18 bits per heavy atom. The zero-order valence-corrected chi connectivity index (χ0v) is 16.4. The summed E-state index contributed by atoms with van der Waals surface area (Å²) in [4.78, 5) is 12.4. The first-order valence-electron chi connectivity index (χ1n) is 8.32. The number of carbonyl (C=O) groups excluding carboxylic acids is 1. The van der Waals surface area contributed by atoms with Crippen LogP contribution in [0.3, 0.4) is 0 Å². The van der Waals surface area contributed by atoms with Gasteiger partial charge in [-0.1, -0.05) is 23.9 Å². The molecule has 0 aliphatic rings. The zero-order valence-electron chi connectivity index (χ0n) is 15.6. The molecule has 1 aromatic heterocycles. The average Bonchev–Trinajstić information content (AvgIpc) is 3.06. The largest absolute Gasteiger partial charge is 0.497 e. The first-order chi connectivity index (χ1) is 13.5. The second-order valence-corrected chi connectivity index (χ2v) is 6.72. The lowest BCUT2D eigenvalue weighted by atomic mass is 10.2. The van der Waals surface area contributed by atoms with Gasteiger partial charge in [0.1, 0.15) is 17.3 Å². The maximum atomic E-state index is 13.4. The van der Waals surface area contributed by atoms with Gasteiger partial charge >= 0.3 is 0 Å². The lowest BCUT2D eigenvalue weighted by Gasteiger charge is -2.11. The molecule has 7 nitrogen and oxygen atoms in total. The van der Waals surface area contributed by atoms with E-state index in [1.165, 1.54) is 31.0 Å². The van der Waals surface area contributed by atoms with E-state index < -0.39 is 0 Å². The van der Waals surface area contributed by atoms with Crippen molar-refractivity contribution >= 4 is 23.4 Å². The number of aromatic nitrogens is 3. The molecule has 0 unspecified atom stereocenters. The number of methoxy groups -OCH3 is 2. The Morgan fingerprint density at radius 3 is 2.71 bits per heavy atom. The Kier molecular flexibility index (Phi) is 6.15. The van der Waals surface area contributed by atoms with Crippen LogP contribution < -0.4 is 14.8 Å². The number of nitrogens with zero attached hydrogens (tertiary/aromatic N) is 3. The van der Waals surface area contributed by atoms with Crippen molar-refractivity contribution in [3.63, 3.8) is 0 Å². The topological polar surface area (TPSA) is 78.3 Å². The lowest BCUT2D eigenvalue weighted by molar-refractivity contribution is -0.113. The van der Waals surface area contributed by atoms with Crippen molar-refractivity contribution in [3.8, 4) is 22.9 Å². The summed E-state index contributed by atoms with van der Waals surface area (Å²) in [5, 5.41) is 11.5. The summed E-state index contributed by atoms with van der Waals surface area (Å²) >= 11 is 1.23. The predicted octanol–water partition coefficient (Wildman–Crippen LogP) is 3.37. The third-order valence-corrected chi connectivity index (χ3v) is 4.95. The van der Waals surface area contributed by atoms with Gasteiger partial charge in [0.25, 0.3) is 0 Å². The fourth-order valence-electron chi connectivity index (χ4n) is 2.55. The Morgan fingerprint density at radius 2 is 2.00 bits per heavy atom. The van der Waals surface area contributed by atoms with Crippen LogP contribution in [0.5, 0.6) is 11.5 Å². The third kappa shape index (κ3) is 4.42. The second-order valence-electron chi connectivity index (χ2n) is 5.78. The SMILES string of the molecule is COc1ccc(OC)c(NC(=O)CSc2nnc(-c3cccc(F)c3)n2C)c1. The minimum atomic E-state index is -0.346. The van der Waals surface area contributed by atoms with Crippen LogP contribution in [-0.2, 0) is 11.8 Å². The number of ether oxygens (including phenoxy) is 2. The number of hydrogen-bond donors (Lipinski definition) is 1. The first-order valence-corrected chi connectivity index (χ1v) is 9.30. The van der Waals surface area contributed by atoms with Crippen molar-refractivity contribution in [3.05, 3.63) is 48.3 Å². The van der Waals surface area contributed by atoms with Crippen molar-refractivity contribution in [2.24, 2.45) is 7.05 Å². The molecule has 146 valence electrons. The van der Waals surface area contributed by atoms with Crippen LogP contribution in [0.25, 0.3) is 11.4 Å². The van der Waals surface area contributed by atoms with Gasteiger partial charge in [-0.3, -0.25) is 4.79 Å². The second kappa shape index (κ2) is 8.75. The highest BCUT2D eigenvalue weighted by molar-refractivity contribution is 7.99. The summed E-state index contributed by atoms with van der Waals surface area (Å²) in [5.74, 6) is 1.21. The molecule has 3 rings (SSSR count). The molecule has 0 saturated carbocycles. The minimum absolute atomic E-state index is 0.121. The number of nitrogens with one attached hydrogen (secondary N) is 1. The molecule has 1 amide bonds. The van der Waals surface area contributed by atoms with Crippen LogP contribution in [0.1, 0.15) is 0 Å². The van der Waals surface area contributed by atoms with Crippen LogP contribution in [0.4, 0.5) is 10.1 Å². The molecule has 0 aliphatic heterocycles. The smallest absolute Gasteiger partial charge is 0.234 e.